The molecule has 18 heavy (non-hydrogen) atoms. The molecule has 0 bridgehead atoms. The first-order chi connectivity index (χ1) is 8.70. The van der Waals surface area contributed by atoms with Gasteiger partial charge < -0.3 is 11.1 Å². The SMILES string of the molecule is Cc1sc(C(CN)NCc2ccccc2)cc1Br. The highest BCUT2D eigenvalue weighted by molar-refractivity contribution is 9.10. The molecule has 1 aromatic carbocycles. The van der Waals surface area contributed by atoms with E-state index in [9.17, 15) is 0 Å². The molecule has 0 saturated carbocycles. The zero-order chi connectivity index (χ0) is 13.0. The van der Waals surface area contributed by atoms with Gasteiger partial charge in [-0.15, -0.1) is 11.3 Å². The van der Waals surface area contributed by atoms with E-state index < -0.39 is 0 Å². The summed E-state index contributed by atoms with van der Waals surface area (Å²) in [6.45, 7) is 3.57. The minimum atomic E-state index is 0.222. The topological polar surface area (TPSA) is 38.0 Å². The lowest BCUT2D eigenvalue weighted by Gasteiger charge is -2.15. The molecule has 4 heteroatoms. The number of nitrogens with two attached hydrogens (primary N) is 1. The molecular formula is C14H17BrN2S. The molecule has 2 rings (SSSR count). The first-order valence-corrected chi connectivity index (χ1v) is 7.55. The summed E-state index contributed by atoms with van der Waals surface area (Å²) in [6, 6.07) is 12.8. The second-order valence-corrected chi connectivity index (χ2v) is 6.35. The van der Waals surface area contributed by atoms with Crippen molar-refractivity contribution in [3.63, 3.8) is 0 Å². The van der Waals surface area contributed by atoms with Gasteiger partial charge in [0, 0.05) is 27.3 Å². The van der Waals surface area contributed by atoms with Crippen LogP contribution >= 0.6 is 27.3 Å². The second-order valence-electron chi connectivity index (χ2n) is 4.21. The van der Waals surface area contributed by atoms with Crippen molar-refractivity contribution in [2.24, 2.45) is 5.73 Å². The van der Waals surface area contributed by atoms with Gasteiger partial charge in [-0.3, -0.25) is 0 Å². The van der Waals surface area contributed by atoms with Crippen LogP contribution in [0.2, 0.25) is 0 Å². The standard InChI is InChI=1S/C14H17BrN2S/c1-10-12(15)7-14(18-10)13(8-16)17-9-11-5-3-2-4-6-11/h2-7,13,17H,8-9,16H2,1H3. The summed E-state index contributed by atoms with van der Waals surface area (Å²) in [5, 5.41) is 3.51. The highest BCUT2D eigenvalue weighted by atomic mass is 79.9. The smallest absolute Gasteiger partial charge is 0.0542 e. The summed E-state index contributed by atoms with van der Waals surface area (Å²) < 4.78 is 1.17. The van der Waals surface area contributed by atoms with E-state index >= 15 is 0 Å². The van der Waals surface area contributed by atoms with E-state index in [-0.39, 0.29) is 6.04 Å². The molecule has 0 aliphatic rings. The molecule has 0 fully saturated rings. The second kappa shape index (κ2) is 6.48. The summed E-state index contributed by atoms with van der Waals surface area (Å²) in [5.41, 5.74) is 7.14. The lowest BCUT2D eigenvalue weighted by molar-refractivity contribution is 0.549. The molecule has 0 radical (unpaired) electrons. The number of hydrogen-bond acceptors (Lipinski definition) is 3. The predicted octanol–water partition coefficient (Wildman–Crippen LogP) is 3.61. The number of nitrogens with one attached hydrogen (secondary N) is 1. The Balaban J connectivity index is 2.02. The van der Waals surface area contributed by atoms with Gasteiger partial charge in [-0.1, -0.05) is 30.3 Å². The van der Waals surface area contributed by atoms with Gasteiger partial charge in [0.15, 0.2) is 0 Å². The number of halogens is 1. The van der Waals surface area contributed by atoms with Crippen molar-refractivity contribution in [2.45, 2.75) is 19.5 Å². The van der Waals surface area contributed by atoms with E-state index in [0.29, 0.717) is 6.54 Å². The van der Waals surface area contributed by atoms with Crippen molar-refractivity contribution in [1.29, 1.82) is 0 Å². The quantitative estimate of drug-likeness (QED) is 0.881. The van der Waals surface area contributed by atoms with Crippen molar-refractivity contribution in [3.05, 3.63) is 56.2 Å². The van der Waals surface area contributed by atoms with E-state index in [1.54, 1.807) is 11.3 Å². The molecular weight excluding hydrogens is 308 g/mol. The average Bonchev–Trinajstić information content (AvgIpc) is 2.71. The van der Waals surface area contributed by atoms with Crippen molar-refractivity contribution in [2.75, 3.05) is 6.54 Å². The van der Waals surface area contributed by atoms with Crippen molar-refractivity contribution < 1.29 is 0 Å². The van der Waals surface area contributed by atoms with Gasteiger partial charge in [0.2, 0.25) is 0 Å². The Kier molecular flexibility index (Phi) is 4.95. The third kappa shape index (κ3) is 3.42. The fraction of sp³-hybridized carbons (Fsp3) is 0.286. The monoisotopic (exact) mass is 324 g/mol. The van der Waals surface area contributed by atoms with Gasteiger partial charge >= 0.3 is 0 Å². The fourth-order valence-corrected chi connectivity index (χ4v) is 3.44. The van der Waals surface area contributed by atoms with Gasteiger partial charge in [-0.05, 0) is 34.5 Å². The summed E-state index contributed by atoms with van der Waals surface area (Å²) in [5.74, 6) is 0. The molecule has 0 spiro atoms. The number of rotatable bonds is 5. The molecule has 0 aliphatic heterocycles. The molecule has 96 valence electrons. The van der Waals surface area contributed by atoms with Crippen LogP contribution in [0.1, 0.15) is 21.4 Å². The molecule has 1 aromatic heterocycles. The molecule has 1 atom stereocenters. The van der Waals surface area contributed by atoms with Crippen molar-refractivity contribution >= 4 is 27.3 Å². The van der Waals surface area contributed by atoms with Crippen molar-refractivity contribution in [1.82, 2.24) is 5.32 Å². The summed E-state index contributed by atoms with van der Waals surface area (Å²) in [7, 11) is 0. The van der Waals surface area contributed by atoms with E-state index in [4.69, 9.17) is 5.73 Å². The van der Waals surface area contributed by atoms with Crippen LogP contribution < -0.4 is 11.1 Å². The summed E-state index contributed by atoms with van der Waals surface area (Å²) >= 11 is 5.34. The van der Waals surface area contributed by atoms with Gasteiger partial charge in [0.05, 0.1) is 6.04 Å². The molecule has 3 N–H and O–H groups in total. The minimum Gasteiger partial charge on any atom is -0.329 e. The van der Waals surface area contributed by atoms with Crippen LogP contribution in [0.15, 0.2) is 40.9 Å². The lowest BCUT2D eigenvalue weighted by atomic mass is 10.2. The molecule has 0 saturated heterocycles. The molecule has 1 unspecified atom stereocenters. The predicted molar refractivity (Wildman–Crippen MR) is 81.8 cm³/mol. The Morgan fingerprint density at radius 1 is 1.33 bits per heavy atom. The third-order valence-corrected chi connectivity index (χ3v) is 5.10. The Morgan fingerprint density at radius 3 is 2.61 bits per heavy atom. The van der Waals surface area contributed by atoms with Crippen LogP contribution in [0, 0.1) is 6.92 Å². The maximum Gasteiger partial charge on any atom is 0.0542 e. The molecule has 0 aliphatic carbocycles. The van der Waals surface area contributed by atoms with Gasteiger partial charge in [-0.25, -0.2) is 0 Å². The zero-order valence-electron chi connectivity index (χ0n) is 10.3. The first kappa shape index (κ1) is 13.7. The zero-order valence-corrected chi connectivity index (χ0v) is 12.7. The normalized spacial score (nSPS) is 12.6. The Labute approximate surface area is 120 Å². The van der Waals surface area contributed by atoms with Crippen LogP contribution in [0.25, 0.3) is 0 Å². The number of thiophene rings is 1. The van der Waals surface area contributed by atoms with Crippen LogP contribution in [-0.4, -0.2) is 6.54 Å². The molecule has 0 amide bonds. The highest BCUT2D eigenvalue weighted by Gasteiger charge is 2.13. The van der Waals surface area contributed by atoms with E-state index in [0.717, 1.165) is 6.54 Å². The van der Waals surface area contributed by atoms with Crippen LogP contribution in [0.4, 0.5) is 0 Å². The van der Waals surface area contributed by atoms with Gasteiger partial charge in [0.25, 0.3) is 0 Å². The minimum absolute atomic E-state index is 0.222. The summed E-state index contributed by atoms with van der Waals surface area (Å²) in [6.07, 6.45) is 0. The Morgan fingerprint density at radius 2 is 2.06 bits per heavy atom. The largest absolute Gasteiger partial charge is 0.329 e. The van der Waals surface area contributed by atoms with Gasteiger partial charge in [0.1, 0.15) is 0 Å². The Bertz CT molecular complexity index is 476. The summed E-state index contributed by atoms with van der Waals surface area (Å²) in [4.78, 5) is 2.59. The Hall–Kier alpha value is -0.680. The van der Waals surface area contributed by atoms with Crippen LogP contribution in [0.5, 0.6) is 0 Å². The number of hydrogen-bond donors (Lipinski definition) is 2. The van der Waals surface area contributed by atoms with E-state index in [1.165, 1.54) is 19.8 Å². The van der Waals surface area contributed by atoms with E-state index in [2.05, 4.69) is 58.5 Å². The average molecular weight is 325 g/mol. The van der Waals surface area contributed by atoms with Crippen molar-refractivity contribution in [3.8, 4) is 0 Å². The van der Waals surface area contributed by atoms with Gasteiger partial charge in [-0.2, -0.15) is 0 Å². The maximum atomic E-state index is 5.86. The maximum absolute atomic E-state index is 5.86. The molecule has 2 aromatic rings. The lowest BCUT2D eigenvalue weighted by Crippen LogP contribution is -2.27. The molecule has 1 heterocycles. The fourth-order valence-electron chi connectivity index (χ4n) is 1.79. The highest BCUT2D eigenvalue weighted by Crippen LogP contribution is 2.30. The van der Waals surface area contributed by atoms with E-state index in [1.807, 2.05) is 6.07 Å². The third-order valence-electron chi connectivity index (χ3n) is 2.85. The number of aryl methyl sites for hydroxylation is 1. The molecule has 2 nitrogen and oxygen atoms in total. The number of benzene rings is 1. The van der Waals surface area contributed by atoms with Crippen LogP contribution in [-0.2, 0) is 6.54 Å². The first-order valence-electron chi connectivity index (χ1n) is 5.94. The van der Waals surface area contributed by atoms with Crippen LogP contribution in [0.3, 0.4) is 0 Å².